The number of carbonyl (C=O) groups excluding carboxylic acids is 2. The largest absolute Gasteiger partial charge is 0.472 e. The van der Waals surface area contributed by atoms with Gasteiger partial charge >= 0.3 is 13.8 Å². The van der Waals surface area contributed by atoms with Crippen LogP contribution in [0, 0.1) is 0 Å². The van der Waals surface area contributed by atoms with Crippen LogP contribution in [0.25, 0.3) is 0 Å². The second-order valence-electron chi connectivity index (χ2n) is 26.1. The molecule has 0 fully saturated rings. The zero-order chi connectivity index (χ0) is 60.7. The molecule has 0 aromatic rings. The van der Waals surface area contributed by atoms with Crippen molar-refractivity contribution in [3.8, 4) is 0 Å². The van der Waals surface area contributed by atoms with Crippen molar-refractivity contribution in [2.45, 2.75) is 380 Å². The van der Waals surface area contributed by atoms with Gasteiger partial charge in [-0.2, -0.15) is 0 Å². The molecule has 0 rings (SSSR count). The fourth-order valence-electron chi connectivity index (χ4n) is 11.0. The number of hydrogen-bond donors (Lipinski definition) is 2. The first-order valence-corrected chi connectivity index (χ1v) is 37.8. The summed E-state index contributed by atoms with van der Waals surface area (Å²) in [6.07, 6.45) is 78.8. The number of ether oxygens (including phenoxy) is 1. The summed E-state index contributed by atoms with van der Waals surface area (Å²) >= 11 is 0. The van der Waals surface area contributed by atoms with Gasteiger partial charge in [0.05, 0.1) is 33.8 Å². The number of rotatable bonds is 67. The Labute approximate surface area is 516 Å². The topological polar surface area (TPSA) is 111 Å². The van der Waals surface area contributed by atoms with E-state index in [0.717, 1.165) is 64.2 Å². The second-order valence-corrected chi connectivity index (χ2v) is 27.6. The number of unbranched alkanes of at least 4 members (excludes halogenated alkanes) is 47. The smallest absolute Gasteiger partial charge is 0.456 e. The minimum Gasteiger partial charge on any atom is -0.456 e. The van der Waals surface area contributed by atoms with E-state index in [4.69, 9.17) is 13.8 Å². The molecule has 0 heterocycles. The van der Waals surface area contributed by atoms with Crippen molar-refractivity contribution >= 4 is 19.7 Å². The highest BCUT2D eigenvalue weighted by Crippen LogP contribution is 2.43. The van der Waals surface area contributed by atoms with Gasteiger partial charge in [0, 0.05) is 12.8 Å². The number of amides is 1. The second kappa shape index (κ2) is 63.3. The molecule has 0 aliphatic carbocycles. The number of carbonyl (C=O) groups is 2. The Balaban J connectivity index is 4.96. The van der Waals surface area contributed by atoms with Crippen molar-refractivity contribution in [1.82, 2.24) is 5.32 Å². The zero-order valence-corrected chi connectivity index (χ0v) is 57.1. The van der Waals surface area contributed by atoms with Gasteiger partial charge < -0.3 is 19.4 Å². The Kier molecular flexibility index (Phi) is 61.9. The van der Waals surface area contributed by atoms with E-state index in [9.17, 15) is 19.0 Å². The van der Waals surface area contributed by atoms with Gasteiger partial charge in [-0.05, 0) is 63.9 Å². The molecule has 0 aliphatic rings. The summed E-state index contributed by atoms with van der Waals surface area (Å²) in [4.78, 5) is 37.9. The van der Waals surface area contributed by atoms with E-state index in [0.29, 0.717) is 23.9 Å². The van der Waals surface area contributed by atoms with Gasteiger partial charge in [-0.25, -0.2) is 4.57 Å². The molecule has 0 aromatic heterocycles. The van der Waals surface area contributed by atoms with Crippen molar-refractivity contribution in [2.24, 2.45) is 0 Å². The minimum atomic E-state index is -4.45. The van der Waals surface area contributed by atoms with Gasteiger partial charge in [-0.3, -0.25) is 18.6 Å². The Morgan fingerprint density at radius 1 is 0.422 bits per heavy atom. The fraction of sp³-hybridized carbons (Fsp3) is 0.890. The number of hydrogen-bond acceptors (Lipinski definition) is 6. The van der Waals surface area contributed by atoms with Crippen molar-refractivity contribution in [2.75, 3.05) is 40.9 Å². The van der Waals surface area contributed by atoms with Crippen LogP contribution >= 0.6 is 7.82 Å². The lowest BCUT2D eigenvalue weighted by atomic mass is 10.0. The number of likely N-dealkylation sites (N-methyl/N-ethyl adjacent to an activating group) is 1. The van der Waals surface area contributed by atoms with E-state index in [1.165, 1.54) is 270 Å². The third-order valence-electron chi connectivity index (χ3n) is 16.6. The zero-order valence-electron chi connectivity index (χ0n) is 56.2. The molecule has 0 saturated carbocycles. The molecule has 83 heavy (non-hydrogen) atoms. The Bertz CT molecular complexity index is 1510. The summed E-state index contributed by atoms with van der Waals surface area (Å²) in [5.74, 6) is -0.484. The van der Waals surface area contributed by atoms with Crippen molar-refractivity contribution in [1.29, 1.82) is 0 Å². The van der Waals surface area contributed by atoms with E-state index in [1.807, 2.05) is 33.3 Å². The lowest BCUT2D eigenvalue weighted by Crippen LogP contribution is -2.47. The van der Waals surface area contributed by atoms with Gasteiger partial charge in [-0.15, -0.1) is 0 Å². The van der Waals surface area contributed by atoms with Crippen molar-refractivity contribution < 1.29 is 37.3 Å². The van der Waals surface area contributed by atoms with Crippen molar-refractivity contribution in [3.63, 3.8) is 0 Å². The van der Waals surface area contributed by atoms with Crippen LogP contribution in [0.15, 0.2) is 36.5 Å². The Hall–Kier alpha value is -1.77. The maximum atomic E-state index is 13.6. The molecule has 490 valence electrons. The monoisotopic (exact) mass is 1190 g/mol. The third kappa shape index (κ3) is 64.5. The maximum absolute atomic E-state index is 13.6. The summed E-state index contributed by atoms with van der Waals surface area (Å²) in [6.45, 7) is 7.05. The van der Waals surface area contributed by atoms with Crippen molar-refractivity contribution in [3.05, 3.63) is 36.5 Å². The molecule has 9 nitrogen and oxygen atoms in total. The van der Waals surface area contributed by atoms with Crippen LogP contribution in [-0.2, 0) is 27.9 Å². The van der Waals surface area contributed by atoms with E-state index >= 15 is 0 Å². The molecule has 2 N–H and O–H groups in total. The predicted octanol–water partition coefficient (Wildman–Crippen LogP) is 23.0. The molecule has 1 amide bonds. The predicted molar refractivity (Wildman–Crippen MR) is 360 cm³/mol. The average Bonchev–Trinajstić information content (AvgIpc) is 3.51. The lowest BCUT2D eigenvalue weighted by Gasteiger charge is -2.27. The number of allylic oxidation sites excluding steroid dienone is 5. The number of phosphoric acid groups is 1. The molecular formula is C73H142N2O7P+. The first kappa shape index (κ1) is 81.2. The molecule has 0 spiro atoms. The number of quaternary nitrogens is 1. The molecule has 3 unspecified atom stereocenters. The molecule has 0 bridgehead atoms. The summed E-state index contributed by atoms with van der Waals surface area (Å²) in [5, 5.41) is 3.08. The van der Waals surface area contributed by atoms with Crippen LogP contribution in [0.1, 0.15) is 367 Å². The highest BCUT2D eigenvalue weighted by atomic mass is 31.2. The summed E-state index contributed by atoms with van der Waals surface area (Å²) in [7, 11) is 1.52. The van der Waals surface area contributed by atoms with E-state index < -0.39 is 20.0 Å². The van der Waals surface area contributed by atoms with E-state index in [2.05, 4.69) is 50.4 Å². The first-order valence-electron chi connectivity index (χ1n) is 36.3. The van der Waals surface area contributed by atoms with E-state index in [1.54, 1.807) is 0 Å². The standard InChI is InChI=1S/C73H141N2O7P/c1-7-10-13-16-19-22-25-27-29-31-33-35-36-37-38-40-42-44-46-48-51-54-57-60-63-66-73(77)82-71(64-61-58-55-52-49-24-21-18-15-12-9-3)70(69-81-83(78,79)80-68-67-75(4,5)6)74-72(76)65-62-59-56-53-50-47-45-43-41-39-34-32-30-28-26-23-20-17-14-11-8-2/h19,22,27,29,61,64,70-71H,7-18,20-21,23-26,28,30-60,62-63,65-69H2,1-6H3,(H-,74,76,78,79)/p+1/b22-19-,29-27-,64-61+. The lowest BCUT2D eigenvalue weighted by molar-refractivity contribution is -0.870. The summed E-state index contributed by atoms with van der Waals surface area (Å²) < 4.78 is 30.8. The molecule has 0 aliphatic heterocycles. The molecular weight excluding hydrogens is 1050 g/mol. The SMILES string of the molecule is CCCCC/C=C\C/C=C\CCCCCCCCCCCCCCCCCC(=O)OC(/C=C/CCCCCCCCCCC)C(COP(=O)(O)OCC[N+](C)(C)C)NC(=O)CCCCCCCCCCCCCCCCCCCCCCC. The normalized spacial score (nSPS) is 13.7. The third-order valence-corrected chi connectivity index (χ3v) is 17.6. The van der Waals surface area contributed by atoms with Crippen LogP contribution in [0.2, 0.25) is 0 Å². The number of nitrogens with one attached hydrogen (secondary N) is 1. The Morgan fingerprint density at radius 3 is 1.11 bits per heavy atom. The summed E-state index contributed by atoms with van der Waals surface area (Å²) in [6, 6.07) is -0.844. The molecule has 0 radical (unpaired) electrons. The minimum absolute atomic E-state index is 0.0437. The number of esters is 1. The highest BCUT2D eigenvalue weighted by molar-refractivity contribution is 7.47. The van der Waals surface area contributed by atoms with E-state index in [-0.39, 0.29) is 25.1 Å². The van der Waals surface area contributed by atoms with Crippen LogP contribution in [0.5, 0.6) is 0 Å². The van der Waals surface area contributed by atoms with Crippen LogP contribution < -0.4 is 5.32 Å². The fourth-order valence-corrected chi connectivity index (χ4v) is 11.7. The quantitative estimate of drug-likeness (QED) is 0.0205. The molecule has 0 saturated heterocycles. The van der Waals surface area contributed by atoms with Crippen LogP contribution in [-0.4, -0.2) is 74.3 Å². The molecule has 3 atom stereocenters. The van der Waals surface area contributed by atoms with Gasteiger partial charge in [0.1, 0.15) is 19.3 Å². The maximum Gasteiger partial charge on any atom is 0.472 e. The molecule has 10 heteroatoms. The van der Waals surface area contributed by atoms with Gasteiger partial charge in [0.25, 0.3) is 0 Å². The first-order chi connectivity index (χ1) is 40.4. The number of phosphoric ester groups is 1. The summed E-state index contributed by atoms with van der Waals surface area (Å²) in [5.41, 5.74) is 0. The van der Waals surface area contributed by atoms with Gasteiger partial charge in [0.2, 0.25) is 5.91 Å². The number of nitrogens with zero attached hydrogens (tertiary/aromatic N) is 1. The molecule has 0 aromatic carbocycles. The van der Waals surface area contributed by atoms with Crippen LogP contribution in [0.3, 0.4) is 0 Å². The van der Waals surface area contributed by atoms with Gasteiger partial charge in [-0.1, -0.05) is 327 Å². The average molecular weight is 1190 g/mol. The van der Waals surface area contributed by atoms with Crippen LogP contribution in [0.4, 0.5) is 0 Å². The van der Waals surface area contributed by atoms with Gasteiger partial charge in [0.15, 0.2) is 0 Å². The Morgan fingerprint density at radius 2 is 0.735 bits per heavy atom. The highest BCUT2D eigenvalue weighted by Gasteiger charge is 2.30.